The fourth-order valence-corrected chi connectivity index (χ4v) is 2.19. The van der Waals surface area contributed by atoms with Gasteiger partial charge in [0, 0.05) is 24.7 Å². The van der Waals surface area contributed by atoms with E-state index in [0.717, 1.165) is 12.8 Å². The Bertz CT molecular complexity index is 349. The Balaban J connectivity index is 2.62. The van der Waals surface area contributed by atoms with E-state index in [2.05, 4.69) is 62.0 Å². The molecule has 0 spiro atoms. The van der Waals surface area contributed by atoms with E-state index >= 15 is 0 Å². The lowest BCUT2D eigenvalue weighted by Crippen LogP contribution is -2.32. The zero-order chi connectivity index (χ0) is 13.8. The summed E-state index contributed by atoms with van der Waals surface area (Å²) in [5.74, 6) is 0. The van der Waals surface area contributed by atoms with E-state index in [1.165, 1.54) is 12.1 Å². The van der Waals surface area contributed by atoms with Crippen molar-refractivity contribution in [3.05, 3.63) is 18.0 Å². The second-order valence-corrected chi connectivity index (χ2v) is 6.50. The fraction of sp³-hybridized carbons (Fsp3) is 0.800. The number of hydrogen-bond acceptors (Lipinski definition) is 2. The van der Waals surface area contributed by atoms with Crippen LogP contribution in [0.2, 0.25) is 0 Å². The van der Waals surface area contributed by atoms with Crippen molar-refractivity contribution < 1.29 is 0 Å². The van der Waals surface area contributed by atoms with Gasteiger partial charge in [0.2, 0.25) is 0 Å². The quantitative estimate of drug-likeness (QED) is 0.839. The Morgan fingerprint density at radius 2 is 2.06 bits per heavy atom. The van der Waals surface area contributed by atoms with Gasteiger partial charge in [-0.15, -0.1) is 0 Å². The number of nitrogens with one attached hydrogen (secondary N) is 1. The average molecular weight is 251 g/mol. The van der Waals surface area contributed by atoms with Crippen LogP contribution in [0.15, 0.2) is 12.3 Å². The molecule has 1 aromatic heterocycles. The monoisotopic (exact) mass is 251 g/mol. The summed E-state index contributed by atoms with van der Waals surface area (Å²) in [7, 11) is 2.04. The summed E-state index contributed by atoms with van der Waals surface area (Å²) in [6.07, 6.45) is 5.41. The smallest absolute Gasteiger partial charge is 0.0640 e. The molecule has 2 atom stereocenters. The normalized spacial score (nSPS) is 15.7. The molecule has 0 saturated carbocycles. The number of rotatable bonds is 6. The van der Waals surface area contributed by atoms with Crippen LogP contribution < -0.4 is 5.32 Å². The Kier molecular flexibility index (Phi) is 5.39. The van der Waals surface area contributed by atoms with Crippen LogP contribution in [-0.2, 0) is 6.42 Å². The van der Waals surface area contributed by atoms with Crippen molar-refractivity contribution in [1.29, 1.82) is 0 Å². The van der Waals surface area contributed by atoms with Crippen LogP contribution in [0.4, 0.5) is 0 Å². The molecule has 3 nitrogen and oxygen atoms in total. The lowest BCUT2D eigenvalue weighted by Gasteiger charge is -2.25. The molecule has 3 heteroatoms. The van der Waals surface area contributed by atoms with Gasteiger partial charge >= 0.3 is 0 Å². The summed E-state index contributed by atoms with van der Waals surface area (Å²) in [6, 6.07) is 3.15. The van der Waals surface area contributed by atoms with Crippen LogP contribution in [0.25, 0.3) is 0 Å². The minimum Gasteiger partial charge on any atom is -0.317 e. The zero-order valence-corrected chi connectivity index (χ0v) is 12.8. The Morgan fingerprint density at radius 1 is 1.39 bits per heavy atom. The summed E-state index contributed by atoms with van der Waals surface area (Å²) >= 11 is 0. The van der Waals surface area contributed by atoms with Crippen molar-refractivity contribution in [2.45, 2.75) is 66.0 Å². The molecule has 0 amide bonds. The van der Waals surface area contributed by atoms with E-state index in [9.17, 15) is 0 Å². The van der Waals surface area contributed by atoms with Gasteiger partial charge in [0.05, 0.1) is 5.69 Å². The molecule has 0 fully saturated rings. The molecular weight excluding hydrogens is 222 g/mol. The summed E-state index contributed by atoms with van der Waals surface area (Å²) in [6.45, 7) is 11.3. The topological polar surface area (TPSA) is 29.9 Å². The van der Waals surface area contributed by atoms with Crippen LogP contribution in [0.5, 0.6) is 0 Å². The first-order valence-electron chi connectivity index (χ1n) is 7.07. The van der Waals surface area contributed by atoms with Gasteiger partial charge in [-0.2, -0.15) is 5.10 Å². The predicted octanol–water partition coefficient (Wildman–Crippen LogP) is 3.42. The third kappa shape index (κ3) is 4.81. The highest BCUT2D eigenvalue weighted by molar-refractivity contribution is 5.02. The number of likely N-dealkylation sites (N-methyl/N-ethyl adjacent to an activating group) is 1. The van der Waals surface area contributed by atoms with Gasteiger partial charge in [0.25, 0.3) is 0 Å². The number of hydrogen-bond donors (Lipinski definition) is 1. The minimum atomic E-state index is 0.354. The molecule has 2 unspecified atom stereocenters. The molecule has 0 saturated heterocycles. The second-order valence-electron chi connectivity index (χ2n) is 6.50. The van der Waals surface area contributed by atoms with Gasteiger partial charge in [-0.05, 0) is 38.3 Å². The van der Waals surface area contributed by atoms with Gasteiger partial charge in [-0.25, -0.2) is 0 Å². The lowest BCUT2D eigenvalue weighted by atomic mass is 9.86. The predicted molar refractivity (Wildman–Crippen MR) is 77.9 cm³/mol. The summed E-state index contributed by atoms with van der Waals surface area (Å²) < 4.78 is 2.08. The van der Waals surface area contributed by atoms with Crippen molar-refractivity contribution in [3.63, 3.8) is 0 Å². The van der Waals surface area contributed by atoms with Crippen molar-refractivity contribution in [1.82, 2.24) is 15.1 Å². The second kappa shape index (κ2) is 6.37. The van der Waals surface area contributed by atoms with E-state index in [1.807, 2.05) is 7.05 Å². The van der Waals surface area contributed by atoms with Crippen LogP contribution in [0, 0.1) is 5.41 Å². The van der Waals surface area contributed by atoms with Crippen molar-refractivity contribution in [2.75, 3.05) is 7.05 Å². The largest absolute Gasteiger partial charge is 0.317 e. The molecule has 0 aromatic carbocycles. The van der Waals surface area contributed by atoms with Gasteiger partial charge in [0.1, 0.15) is 0 Å². The lowest BCUT2D eigenvalue weighted by molar-refractivity contribution is 0.314. The van der Waals surface area contributed by atoms with Gasteiger partial charge in [0.15, 0.2) is 0 Å². The molecule has 0 bridgehead atoms. The molecule has 18 heavy (non-hydrogen) atoms. The number of nitrogens with zero attached hydrogens (tertiary/aromatic N) is 2. The van der Waals surface area contributed by atoms with Gasteiger partial charge in [-0.1, -0.05) is 27.7 Å². The third-order valence-electron chi connectivity index (χ3n) is 3.43. The molecule has 1 N–H and O–H groups in total. The van der Waals surface area contributed by atoms with Gasteiger partial charge in [-0.3, -0.25) is 4.68 Å². The van der Waals surface area contributed by atoms with Crippen LogP contribution in [0.3, 0.4) is 0 Å². The molecule has 1 aromatic rings. The fourth-order valence-electron chi connectivity index (χ4n) is 2.19. The van der Waals surface area contributed by atoms with E-state index in [0.29, 0.717) is 17.5 Å². The molecule has 0 aliphatic carbocycles. The summed E-state index contributed by atoms with van der Waals surface area (Å²) in [5, 5.41) is 8.09. The minimum absolute atomic E-state index is 0.354. The Hall–Kier alpha value is -0.830. The average Bonchev–Trinajstić information content (AvgIpc) is 2.73. The highest BCUT2D eigenvalue weighted by Gasteiger charge is 2.18. The van der Waals surface area contributed by atoms with E-state index in [-0.39, 0.29) is 0 Å². The molecule has 0 aliphatic heterocycles. The first-order chi connectivity index (χ1) is 8.35. The maximum atomic E-state index is 4.68. The Morgan fingerprint density at radius 3 is 2.56 bits per heavy atom. The van der Waals surface area contributed by atoms with Crippen LogP contribution >= 0.6 is 0 Å². The Labute approximate surface area is 112 Å². The summed E-state index contributed by atoms with van der Waals surface area (Å²) in [4.78, 5) is 0. The molecule has 0 radical (unpaired) electrons. The maximum Gasteiger partial charge on any atom is 0.0640 e. The zero-order valence-electron chi connectivity index (χ0n) is 12.8. The first kappa shape index (κ1) is 15.2. The first-order valence-corrected chi connectivity index (χ1v) is 7.07. The molecule has 1 heterocycles. The highest BCUT2D eigenvalue weighted by atomic mass is 15.3. The van der Waals surface area contributed by atoms with Crippen molar-refractivity contribution >= 4 is 0 Å². The summed E-state index contributed by atoms with van der Waals surface area (Å²) in [5.41, 5.74) is 1.55. The molecule has 1 rings (SSSR count). The molecule has 104 valence electrons. The van der Waals surface area contributed by atoms with E-state index in [1.54, 1.807) is 0 Å². The third-order valence-corrected chi connectivity index (χ3v) is 3.43. The maximum absolute atomic E-state index is 4.68. The van der Waals surface area contributed by atoms with Crippen LogP contribution in [-0.4, -0.2) is 22.9 Å². The standard InChI is InChI=1S/C15H29N3/c1-7-12(2)18-9-8-13(17-18)10-14(16-6)11-15(3,4)5/h8-9,12,14,16H,7,10-11H2,1-6H3. The van der Waals surface area contributed by atoms with E-state index in [4.69, 9.17) is 0 Å². The van der Waals surface area contributed by atoms with Crippen LogP contribution in [0.1, 0.15) is 59.2 Å². The molecule has 0 aliphatic rings. The number of aromatic nitrogens is 2. The van der Waals surface area contributed by atoms with Crippen molar-refractivity contribution in [2.24, 2.45) is 5.41 Å². The highest BCUT2D eigenvalue weighted by Crippen LogP contribution is 2.22. The molecular formula is C15H29N3. The van der Waals surface area contributed by atoms with Gasteiger partial charge < -0.3 is 5.32 Å². The SMILES string of the molecule is CCC(C)n1ccc(CC(CC(C)(C)C)NC)n1. The van der Waals surface area contributed by atoms with Crippen molar-refractivity contribution in [3.8, 4) is 0 Å². The van der Waals surface area contributed by atoms with E-state index < -0.39 is 0 Å².